The normalized spacial score (nSPS) is 21.3. The number of nitrogens with one attached hydrogen (secondary N) is 1. The van der Waals surface area contributed by atoms with Gasteiger partial charge < -0.3 is 5.32 Å². The van der Waals surface area contributed by atoms with E-state index in [2.05, 4.69) is 5.32 Å². The van der Waals surface area contributed by atoms with Gasteiger partial charge in [0.15, 0.2) is 0 Å². The van der Waals surface area contributed by atoms with E-state index in [0.717, 1.165) is 25.7 Å². The summed E-state index contributed by atoms with van der Waals surface area (Å²) < 4.78 is 25.5. The summed E-state index contributed by atoms with van der Waals surface area (Å²) in [5.74, 6) is 0.173. The Hall–Kier alpha value is -1.27. The summed E-state index contributed by atoms with van der Waals surface area (Å²) in [5.41, 5.74) is 1.05. The van der Waals surface area contributed by atoms with Crippen molar-refractivity contribution >= 4 is 38.9 Å². The third-order valence-corrected chi connectivity index (χ3v) is 6.77. The summed E-state index contributed by atoms with van der Waals surface area (Å²) in [4.78, 5) is 12.4. The summed E-state index contributed by atoms with van der Waals surface area (Å²) in [6.45, 7) is 0.472. The Bertz CT molecular complexity index is 699. The van der Waals surface area contributed by atoms with Crippen LogP contribution in [-0.4, -0.2) is 26.6 Å². The van der Waals surface area contributed by atoms with Crippen LogP contribution in [-0.2, 0) is 14.8 Å². The Balaban J connectivity index is 1.79. The quantitative estimate of drug-likeness (QED) is 0.902. The van der Waals surface area contributed by atoms with Gasteiger partial charge in [-0.2, -0.15) is 0 Å². The molecule has 0 radical (unpaired) electrons. The van der Waals surface area contributed by atoms with Gasteiger partial charge in [0, 0.05) is 12.5 Å². The number of halogens is 1. The van der Waals surface area contributed by atoms with E-state index >= 15 is 0 Å². The van der Waals surface area contributed by atoms with Crippen LogP contribution < -0.4 is 9.62 Å². The van der Waals surface area contributed by atoms with Gasteiger partial charge in [0.1, 0.15) is 0 Å². The number of benzene rings is 1. The lowest BCUT2D eigenvalue weighted by molar-refractivity contribution is -0.120. The summed E-state index contributed by atoms with van der Waals surface area (Å²) in [7, 11) is -3.24. The zero-order valence-electron chi connectivity index (χ0n) is 12.9. The minimum absolute atomic E-state index is 0.0203. The molecular formula is C16H21ClN2O3S. The van der Waals surface area contributed by atoms with Crippen molar-refractivity contribution < 1.29 is 13.2 Å². The number of sulfonamides is 1. The number of nitrogens with zero attached hydrogens (tertiary/aromatic N) is 1. The number of hydrogen-bond acceptors (Lipinski definition) is 3. The summed E-state index contributed by atoms with van der Waals surface area (Å²) in [6.07, 6.45) is 5.78. The molecular weight excluding hydrogens is 336 g/mol. The Labute approximate surface area is 142 Å². The molecule has 0 spiro atoms. The number of carbonyl (C=O) groups is 1. The Morgan fingerprint density at radius 3 is 2.57 bits per heavy atom. The molecule has 0 unspecified atom stereocenters. The zero-order chi connectivity index (χ0) is 16.4. The summed E-state index contributed by atoms with van der Waals surface area (Å²) in [5, 5.41) is 3.30. The van der Waals surface area contributed by atoms with Crippen molar-refractivity contribution in [2.75, 3.05) is 21.9 Å². The van der Waals surface area contributed by atoms with Crippen LogP contribution in [0.4, 0.5) is 11.4 Å². The van der Waals surface area contributed by atoms with Gasteiger partial charge in [-0.3, -0.25) is 9.10 Å². The van der Waals surface area contributed by atoms with E-state index in [1.165, 1.54) is 10.7 Å². The molecule has 23 heavy (non-hydrogen) atoms. The maximum Gasteiger partial charge on any atom is 0.235 e. The molecule has 1 heterocycles. The van der Waals surface area contributed by atoms with Gasteiger partial charge in [-0.15, -0.1) is 0 Å². The molecule has 3 rings (SSSR count). The number of hydrogen-bond donors (Lipinski definition) is 1. The SMILES string of the molecule is O=C(Nc1cc(N2CCCS2(=O)=O)ccc1Cl)C1CCCCC1. The van der Waals surface area contributed by atoms with Gasteiger partial charge >= 0.3 is 0 Å². The van der Waals surface area contributed by atoms with Gasteiger partial charge in [0.2, 0.25) is 15.9 Å². The molecule has 0 bridgehead atoms. The lowest BCUT2D eigenvalue weighted by atomic mass is 9.88. The third-order valence-electron chi connectivity index (χ3n) is 4.57. The van der Waals surface area contributed by atoms with Crippen LogP contribution in [0.2, 0.25) is 5.02 Å². The van der Waals surface area contributed by atoms with Crippen LogP contribution in [0.1, 0.15) is 38.5 Å². The highest BCUT2D eigenvalue weighted by molar-refractivity contribution is 7.93. The second-order valence-corrected chi connectivity index (χ2v) is 8.65. The van der Waals surface area contributed by atoms with E-state index in [1.807, 2.05) is 0 Å². The molecule has 1 aliphatic carbocycles. The maximum absolute atomic E-state index is 12.4. The van der Waals surface area contributed by atoms with Crippen molar-refractivity contribution in [2.24, 2.45) is 5.92 Å². The largest absolute Gasteiger partial charge is 0.324 e. The molecule has 126 valence electrons. The van der Waals surface area contributed by atoms with Gasteiger partial charge in [-0.25, -0.2) is 8.42 Å². The molecule has 0 aromatic heterocycles. The number of anilines is 2. The summed E-state index contributed by atoms with van der Waals surface area (Å²) >= 11 is 6.17. The molecule has 2 fully saturated rings. The first kappa shape index (κ1) is 16.6. The summed E-state index contributed by atoms with van der Waals surface area (Å²) in [6, 6.07) is 4.98. The highest BCUT2D eigenvalue weighted by Gasteiger charge is 2.29. The molecule has 0 atom stereocenters. The fourth-order valence-corrected chi connectivity index (χ4v) is 5.01. The van der Waals surface area contributed by atoms with Crippen molar-refractivity contribution in [3.05, 3.63) is 23.2 Å². The Kier molecular flexibility index (Phi) is 4.82. The highest BCUT2D eigenvalue weighted by Crippen LogP contribution is 2.32. The van der Waals surface area contributed by atoms with Gasteiger partial charge in [0.05, 0.1) is 22.2 Å². The average molecular weight is 357 g/mol. The van der Waals surface area contributed by atoms with E-state index < -0.39 is 10.0 Å². The highest BCUT2D eigenvalue weighted by atomic mass is 35.5. The van der Waals surface area contributed by atoms with E-state index in [4.69, 9.17) is 11.6 Å². The lowest BCUT2D eigenvalue weighted by Crippen LogP contribution is -2.26. The lowest BCUT2D eigenvalue weighted by Gasteiger charge is -2.22. The molecule has 7 heteroatoms. The van der Waals surface area contributed by atoms with Crippen molar-refractivity contribution in [1.29, 1.82) is 0 Å². The third kappa shape index (κ3) is 3.63. The molecule has 1 aromatic rings. The molecule has 1 N–H and O–H groups in total. The molecule has 2 aliphatic rings. The predicted octanol–water partition coefficient (Wildman–Crippen LogP) is 3.40. The monoisotopic (exact) mass is 356 g/mol. The van der Waals surface area contributed by atoms with Crippen LogP contribution in [0.25, 0.3) is 0 Å². The minimum atomic E-state index is -3.24. The Morgan fingerprint density at radius 2 is 1.91 bits per heavy atom. The van der Waals surface area contributed by atoms with Gasteiger partial charge in [0.25, 0.3) is 0 Å². The van der Waals surface area contributed by atoms with Gasteiger partial charge in [-0.05, 0) is 37.5 Å². The smallest absolute Gasteiger partial charge is 0.235 e. The molecule has 1 saturated heterocycles. The first-order valence-electron chi connectivity index (χ1n) is 8.08. The second kappa shape index (κ2) is 6.69. The van der Waals surface area contributed by atoms with Crippen LogP contribution in [0, 0.1) is 5.92 Å². The van der Waals surface area contributed by atoms with E-state index in [-0.39, 0.29) is 17.6 Å². The predicted molar refractivity (Wildman–Crippen MR) is 92.4 cm³/mol. The first-order valence-corrected chi connectivity index (χ1v) is 10.1. The van der Waals surface area contributed by atoms with E-state index in [1.54, 1.807) is 18.2 Å². The van der Waals surface area contributed by atoms with E-state index in [9.17, 15) is 13.2 Å². The number of carbonyl (C=O) groups excluding carboxylic acids is 1. The fraction of sp³-hybridized carbons (Fsp3) is 0.562. The number of amides is 1. The molecule has 1 aliphatic heterocycles. The van der Waals surface area contributed by atoms with Crippen LogP contribution in [0.3, 0.4) is 0 Å². The average Bonchev–Trinajstić information content (AvgIpc) is 2.90. The van der Waals surface area contributed by atoms with Crippen molar-refractivity contribution in [1.82, 2.24) is 0 Å². The topological polar surface area (TPSA) is 66.5 Å². The van der Waals surface area contributed by atoms with Crippen LogP contribution in [0.15, 0.2) is 18.2 Å². The van der Waals surface area contributed by atoms with Crippen LogP contribution in [0.5, 0.6) is 0 Å². The van der Waals surface area contributed by atoms with Gasteiger partial charge in [-0.1, -0.05) is 30.9 Å². The van der Waals surface area contributed by atoms with Crippen LogP contribution >= 0.6 is 11.6 Å². The van der Waals surface area contributed by atoms with Crippen molar-refractivity contribution in [3.8, 4) is 0 Å². The molecule has 1 amide bonds. The minimum Gasteiger partial charge on any atom is -0.324 e. The molecule has 1 saturated carbocycles. The van der Waals surface area contributed by atoms with Crippen molar-refractivity contribution in [2.45, 2.75) is 38.5 Å². The van der Waals surface area contributed by atoms with E-state index in [0.29, 0.717) is 29.4 Å². The molecule has 5 nitrogen and oxygen atoms in total. The standard InChI is InChI=1S/C16H21ClN2O3S/c17-14-8-7-13(19-9-4-10-23(19,21)22)11-15(14)18-16(20)12-5-2-1-3-6-12/h7-8,11-12H,1-6,9-10H2,(H,18,20). The first-order chi connectivity index (χ1) is 11.0. The molecule has 1 aromatic carbocycles. The van der Waals surface area contributed by atoms with Crippen molar-refractivity contribution in [3.63, 3.8) is 0 Å². The fourth-order valence-electron chi connectivity index (χ4n) is 3.29. The second-order valence-electron chi connectivity index (χ2n) is 6.23. The Morgan fingerprint density at radius 1 is 1.17 bits per heavy atom. The maximum atomic E-state index is 12.4. The zero-order valence-corrected chi connectivity index (χ0v) is 14.5. The number of rotatable bonds is 3.